The highest BCUT2D eigenvalue weighted by Crippen LogP contribution is 2.25. The van der Waals surface area contributed by atoms with Gasteiger partial charge in [-0.05, 0) is 39.3 Å². The van der Waals surface area contributed by atoms with Crippen molar-refractivity contribution in [3.63, 3.8) is 0 Å². The van der Waals surface area contributed by atoms with Crippen LogP contribution < -0.4 is 0 Å². The molecule has 0 spiro atoms. The lowest BCUT2D eigenvalue weighted by molar-refractivity contribution is 0.659. The summed E-state index contributed by atoms with van der Waals surface area (Å²) in [4.78, 5) is 8.97. The Morgan fingerprint density at radius 2 is 1.69 bits per heavy atom. The molecule has 5 nitrogen and oxygen atoms in total. The number of nitrogens with zero attached hydrogens (tertiary/aromatic N) is 5. The second-order valence-electron chi connectivity index (χ2n) is 6.14. The molecule has 0 saturated heterocycles. The van der Waals surface area contributed by atoms with Gasteiger partial charge in [-0.15, -0.1) is 10.2 Å². The molecule has 26 heavy (non-hydrogen) atoms. The fourth-order valence-corrected chi connectivity index (χ4v) is 4.54. The first-order chi connectivity index (χ1) is 12.5. The van der Waals surface area contributed by atoms with Crippen molar-refractivity contribution in [2.45, 2.75) is 56.1 Å². The highest BCUT2D eigenvalue weighted by molar-refractivity contribution is 7.98. The van der Waals surface area contributed by atoms with E-state index in [1.165, 1.54) is 11.1 Å². The van der Waals surface area contributed by atoms with Gasteiger partial charge in [0.15, 0.2) is 10.3 Å². The Labute approximate surface area is 163 Å². The number of rotatable bonds is 7. The summed E-state index contributed by atoms with van der Waals surface area (Å²) in [6.07, 6.45) is 0. The van der Waals surface area contributed by atoms with Crippen LogP contribution in [0.2, 0.25) is 0 Å². The first-order valence-corrected chi connectivity index (χ1v) is 10.6. The molecule has 3 aromatic rings. The van der Waals surface area contributed by atoms with Gasteiger partial charge in [-0.2, -0.15) is 0 Å². The summed E-state index contributed by atoms with van der Waals surface area (Å²) in [6, 6.07) is 10.6. The fraction of sp³-hybridized carbons (Fsp3) is 0.368. The molecule has 0 radical (unpaired) electrons. The molecule has 0 saturated carbocycles. The average molecular weight is 386 g/mol. The molecule has 2 heterocycles. The van der Waals surface area contributed by atoms with Crippen LogP contribution in [0.4, 0.5) is 0 Å². The van der Waals surface area contributed by atoms with E-state index in [9.17, 15) is 0 Å². The van der Waals surface area contributed by atoms with Crippen LogP contribution in [-0.4, -0.2) is 24.7 Å². The molecule has 0 atom stereocenters. The zero-order chi connectivity index (χ0) is 18.5. The van der Waals surface area contributed by atoms with E-state index in [0.717, 1.165) is 45.6 Å². The van der Waals surface area contributed by atoms with E-state index >= 15 is 0 Å². The Hall–Kier alpha value is -1.86. The smallest absolute Gasteiger partial charge is 0.191 e. The van der Waals surface area contributed by atoms with Crippen molar-refractivity contribution >= 4 is 23.5 Å². The number of aromatic nitrogens is 5. The summed E-state index contributed by atoms with van der Waals surface area (Å²) >= 11 is 3.34. The maximum absolute atomic E-state index is 4.48. The van der Waals surface area contributed by atoms with Crippen LogP contribution in [0.25, 0.3) is 0 Å². The molecule has 0 bridgehead atoms. The highest BCUT2D eigenvalue weighted by atomic mass is 32.2. The molecule has 2 aromatic heterocycles. The number of hydrogen-bond donors (Lipinski definition) is 0. The van der Waals surface area contributed by atoms with Crippen molar-refractivity contribution in [2.75, 3.05) is 0 Å². The normalized spacial score (nSPS) is 11.1. The summed E-state index contributed by atoms with van der Waals surface area (Å²) in [6.45, 7) is 9.09. The maximum atomic E-state index is 4.48. The van der Waals surface area contributed by atoms with Crippen molar-refractivity contribution in [3.05, 3.63) is 58.7 Å². The maximum Gasteiger partial charge on any atom is 0.191 e. The third-order valence-corrected chi connectivity index (χ3v) is 5.73. The zero-order valence-electron chi connectivity index (χ0n) is 15.6. The molecule has 1 aromatic carbocycles. The summed E-state index contributed by atoms with van der Waals surface area (Å²) in [5.74, 6) is 2.58. The molecule has 7 heteroatoms. The predicted octanol–water partition coefficient (Wildman–Crippen LogP) is 4.60. The molecule has 0 aliphatic heterocycles. The van der Waals surface area contributed by atoms with Gasteiger partial charge in [-0.1, -0.05) is 53.4 Å². The van der Waals surface area contributed by atoms with E-state index in [1.54, 1.807) is 23.5 Å². The van der Waals surface area contributed by atoms with Crippen LogP contribution in [-0.2, 0) is 18.1 Å². The lowest BCUT2D eigenvalue weighted by Gasteiger charge is -2.07. The number of aryl methyl sites for hydroxylation is 3. The van der Waals surface area contributed by atoms with Crippen molar-refractivity contribution in [1.29, 1.82) is 0 Å². The quantitative estimate of drug-likeness (QED) is 0.438. The molecule has 0 N–H and O–H groups in total. The van der Waals surface area contributed by atoms with Crippen LogP contribution in [0.3, 0.4) is 0 Å². The third-order valence-electron chi connectivity index (χ3n) is 3.85. The SMILES string of the molecule is CCn1c(CSc2nc(C)cc(C)n2)nnc1SCc1cccc(C)c1. The average Bonchev–Trinajstić information content (AvgIpc) is 2.99. The van der Waals surface area contributed by atoms with Gasteiger partial charge in [-0.3, -0.25) is 0 Å². The molecule has 0 aliphatic rings. The molecule has 0 unspecified atom stereocenters. The van der Waals surface area contributed by atoms with Crippen molar-refractivity contribution < 1.29 is 0 Å². The van der Waals surface area contributed by atoms with Crippen molar-refractivity contribution in [1.82, 2.24) is 24.7 Å². The van der Waals surface area contributed by atoms with Gasteiger partial charge in [-0.25, -0.2) is 9.97 Å². The van der Waals surface area contributed by atoms with Gasteiger partial charge in [0.2, 0.25) is 0 Å². The highest BCUT2D eigenvalue weighted by Gasteiger charge is 2.13. The van der Waals surface area contributed by atoms with E-state index in [0.29, 0.717) is 0 Å². The lowest BCUT2D eigenvalue weighted by Crippen LogP contribution is -2.03. The number of thioether (sulfide) groups is 2. The summed E-state index contributed by atoms with van der Waals surface area (Å²) in [7, 11) is 0. The molecule has 136 valence electrons. The van der Waals surface area contributed by atoms with Gasteiger partial charge in [0.05, 0.1) is 5.75 Å². The van der Waals surface area contributed by atoms with Crippen LogP contribution >= 0.6 is 23.5 Å². The second-order valence-corrected chi connectivity index (χ2v) is 8.03. The van der Waals surface area contributed by atoms with Crippen LogP contribution in [0.15, 0.2) is 40.6 Å². The second kappa shape index (κ2) is 8.68. The largest absolute Gasteiger partial charge is 0.306 e. The first kappa shape index (κ1) is 18.9. The molecule has 0 amide bonds. The predicted molar refractivity (Wildman–Crippen MR) is 108 cm³/mol. The number of hydrogen-bond acceptors (Lipinski definition) is 6. The lowest BCUT2D eigenvalue weighted by atomic mass is 10.2. The minimum Gasteiger partial charge on any atom is -0.306 e. The monoisotopic (exact) mass is 385 g/mol. The van der Waals surface area contributed by atoms with Crippen molar-refractivity contribution in [2.24, 2.45) is 0 Å². The fourth-order valence-electron chi connectivity index (χ4n) is 2.69. The Morgan fingerprint density at radius 3 is 2.38 bits per heavy atom. The van der Waals surface area contributed by atoms with Gasteiger partial charge in [0, 0.05) is 23.7 Å². The standard InChI is InChI=1S/C19H23N5S2/c1-5-24-17(12-25-18-20-14(3)10-15(4)21-18)22-23-19(24)26-11-16-8-6-7-13(2)9-16/h6-10H,5,11-12H2,1-4H3. The molecular formula is C19H23N5S2. The Kier molecular flexibility index (Phi) is 6.32. The molecular weight excluding hydrogens is 362 g/mol. The molecule has 0 aliphatic carbocycles. The van der Waals surface area contributed by atoms with E-state index in [2.05, 4.69) is 62.8 Å². The van der Waals surface area contributed by atoms with E-state index in [-0.39, 0.29) is 0 Å². The van der Waals surface area contributed by atoms with E-state index in [1.807, 2.05) is 19.9 Å². The van der Waals surface area contributed by atoms with Crippen LogP contribution in [0, 0.1) is 20.8 Å². The summed E-state index contributed by atoms with van der Waals surface area (Å²) in [5, 5.41) is 10.5. The Balaban J connectivity index is 1.67. The van der Waals surface area contributed by atoms with E-state index < -0.39 is 0 Å². The minimum atomic E-state index is 0.717. The Bertz CT molecular complexity index is 871. The summed E-state index contributed by atoms with van der Waals surface area (Å²) < 4.78 is 2.18. The van der Waals surface area contributed by atoms with Gasteiger partial charge in [0.1, 0.15) is 5.82 Å². The zero-order valence-corrected chi connectivity index (χ0v) is 17.2. The molecule has 0 fully saturated rings. The van der Waals surface area contributed by atoms with Crippen LogP contribution in [0.5, 0.6) is 0 Å². The summed E-state index contributed by atoms with van der Waals surface area (Å²) in [5.41, 5.74) is 4.57. The third kappa shape index (κ3) is 4.86. The van der Waals surface area contributed by atoms with Gasteiger partial charge < -0.3 is 4.57 Å². The first-order valence-electron chi connectivity index (χ1n) is 8.60. The topological polar surface area (TPSA) is 56.5 Å². The van der Waals surface area contributed by atoms with Crippen molar-refractivity contribution in [3.8, 4) is 0 Å². The van der Waals surface area contributed by atoms with Crippen LogP contribution in [0.1, 0.15) is 35.3 Å². The minimum absolute atomic E-state index is 0.717. The number of benzene rings is 1. The van der Waals surface area contributed by atoms with E-state index in [4.69, 9.17) is 0 Å². The Morgan fingerprint density at radius 1 is 0.923 bits per heavy atom. The molecule has 3 rings (SSSR count). The van der Waals surface area contributed by atoms with Gasteiger partial charge in [0.25, 0.3) is 0 Å². The van der Waals surface area contributed by atoms with Gasteiger partial charge >= 0.3 is 0 Å².